The van der Waals surface area contributed by atoms with Crippen LogP contribution in [0.15, 0.2) is 24.3 Å². The minimum absolute atomic E-state index is 0.0101. The second-order valence-electron chi connectivity index (χ2n) is 5.26. The molecule has 2 amide bonds. The molecule has 116 valence electrons. The Bertz CT molecular complexity index is 472. The Morgan fingerprint density at radius 3 is 2.62 bits per heavy atom. The molecule has 1 aromatic carbocycles. The van der Waals surface area contributed by atoms with E-state index in [1.165, 1.54) is 0 Å². The largest absolute Gasteiger partial charge is 0.493 e. The van der Waals surface area contributed by atoms with Crippen LogP contribution in [0.25, 0.3) is 0 Å². The van der Waals surface area contributed by atoms with Crippen molar-refractivity contribution in [3.8, 4) is 5.75 Å². The molecule has 5 nitrogen and oxygen atoms in total. The summed E-state index contributed by atoms with van der Waals surface area (Å²) in [5, 5.41) is 5.30. The second kappa shape index (κ2) is 9.00. The Kier molecular flexibility index (Phi) is 7.29. The number of ether oxygens (including phenoxy) is 1. The minimum Gasteiger partial charge on any atom is -0.493 e. The highest BCUT2D eigenvalue weighted by Gasteiger charge is 2.04. The minimum atomic E-state index is -0.203. The van der Waals surface area contributed by atoms with Crippen LogP contribution in [0.4, 0.5) is 0 Å². The first-order chi connectivity index (χ1) is 10.0. The molecule has 0 aliphatic carbocycles. The van der Waals surface area contributed by atoms with Gasteiger partial charge in [-0.1, -0.05) is 32.9 Å². The molecule has 0 saturated heterocycles. The summed E-state index contributed by atoms with van der Waals surface area (Å²) < 4.78 is 5.64. The highest BCUT2D eigenvalue weighted by atomic mass is 16.5. The van der Waals surface area contributed by atoms with Gasteiger partial charge in [0.05, 0.1) is 13.2 Å². The first-order valence-corrected chi connectivity index (χ1v) is 7.26. The van der Waals surface area contributed by atoms with E-state index in [0.29, 0.717) is 25.5 Å². The zero-order valence-electron chi connectivity index (χ0n) is 12.9. The molecule has 0 spiro atoms. The normalized spacial score (nSPS) is 10.3. The molecule has 0 saturated carbocycles. The van der Waals surface area contributed by atoms with E-state index in [-0.39, 0.29) is 18.4 Å². The van der Waals surface area contributed by atoms with Gasteiger partial charge >= 0.3 is 0 Å². The molecule has 0 unspecified atom stereocenters. The van der Waals surface area contributed by atoms with Gasteiger partial charge in [0.15, 0.2) is 0 Å². The highest BCUT2D eigenvalue weighted by Crippen LogP contribution is 2.14. The van der Waals surface area contributed by atoms with Gasteiger partial charge in [-0.05, 0) is 23.6 Å². The number of carbonyl (C=O) groups is 2. The third-order valence-electron chi connectivity index (χ3n) is 2.74. The molecule has 0 fully saturated rings. The lowest BCUT2D eigenvalue weighted by Crippen LogP contribution is -2.36. The summed E-state index contributed by atoms with van der Waals surface area (Å²) in [4.78, 5) is 22.6. The number of nitrogens with one attached hydrogen (secondary N) is 2. The fourth-order valence-corrected chi connectivity index (χ4v) is 1.58. The molecule has 0 aromatic heterocycles. The average molecular weight is 292 g/mol. The van der Waals surface area contributed by atoms with Crippen molar-refractivity contribution in [1.82, 2.24) is 10.6 Å². The average Bonchev–Trinajstić information content (AvgIpc) is 2.48. The van der Waals surface area contributed by atoms with Crippen LogP contribution in [0.2, 0.25) is 0 Å². The first kappa shape index (κ1) is 17.0. The van der Waals surface area contributed by atoms with Crippen molar-refractivity contribution in [1.29, 1.82) is 0 Å². The standard InChI is InChI=1S/C16H24N2O3/c1-4-15(19)18-10-16(20)17-9-13-6-5-7-14(8-13)21-11-12(2)3/h5-8,12H,4,9-11H2,1-3H3,(H,17,20)(H,18,19). The summed E-state index contributed by atoms with van der Waals surface area (Å²) in [6.07, 6.45) is 0.377. The van der Waals surface area contributed by atoms with Crippen molar-refractivity contribution >= 4 is 11.8 Å². The van der Waals surface area contributed by atoms with Crippen molar-refractivity contribution in [3.63, 3.8) is 0 Å². The molecule has 2 N–H and O–H groups in total. The number of amides is 2. The summed E-state index contributed by atoms with van der Waals surface area (Å²) in [5.74, 6) is 0.935. The Morgan fingerprint density at radius 1 is 1.19 bits per heavy atom. The van der Waals surface area contributed by atoms with Crippen molar-refractivity contribution in [2.24, 2.45) is 5.92 Å². The fourth-order valence-electron chi connectivity index (χ4n) is 1.58. The fraction of sp³-hybridized carbons (Fsp3) is 0.500. The molecule has 0 radical (unpaired) electrons. The number of benzene rings is 1. The van der Waals surface area contributed by atoms with E-state index in [4.69, 9.17) is 4.74 Å². The van der Waals surface area contributed by atoms with Gasteiger partial charge in [0, 0.05) is 13.0 Å². The van der Waals surface area contributed by atoms with E-state index in [1.807, 2.05) is 24.3 Å². The predicted octanol–water partition coefficient (Wildman–Crippen LogP) is 1.86. The number of rotatable bonds is 8. The van der Waals surface area contributed by atoms with Crippen molar-refractivity contribution in [2.45, 2.75) is 33.7 Å². The molecule has 1 rings (SSSR count). The number of hydrogen-bond donors (Lipinski definition) is 2. The lowest BCUT2D eigenvalue weighted by molar-refractivity contribution is -0.126. The Morgan fingerprint density at radius 2 is 1.95 bits per heavy atom. The monoisotopic (exact) mass is 292 g/mol. The van der Waals surface area contributed by atoms with Gasteiger partial charge < -0.3 is 15.4 Å². The third kappa shape index (κ3) is 7.34. The van der Waals surface area contributed by atoms with Gasteiger partial charge in [-0.15, -0.1) is 0 Å². The van der Waals surface area contributed by atoms with Crippen LogP contribution in [0.3, 0.4) is 0 Å². The molecule has 1 aromatic rings. The quantitative estimate of drug-likeness (QED) is 0.768. The Balaban J connectivity index is 2.39. The van der Waals surface area contributed by atoms with E-state index in [2.05, 4.69) is 24.5 Å². The molecule has 0 bridgehead atoms. The van der Waals surface area contributed by atoms with Crippen molar-refractivity contribution in [3.05, 3.63) is 29.8 Å². The topological polar surface area (TPSA) is 67.4 Å². The van der Waals surface area contributed by atoms with Crippen LogP contribution >= 0.6 is 0 Å². The van der Waals surface area contributed by atoms with Gasteiger partial charge in [-0.25, -0.2) is 0 Å². The number of hydrogen-bond acceptors (Lipinski definition) is 3. The molecule has 21 heavy (non-hydrogen) atoms. The SMILES string of the molecule is CCC(=O)NCC(=O)NCc1cccc(OCC(C)C)c1. The molecule has 0 heterocycles. The second-order valence-corrected chi connectivity index (χ2v) is 5.26. The maximum absolute atomic E-state index is 11.6. The Labute approximate surface area is 126 Å². The zero-order valence-corrected chi connectivity index (χ0v) is 12.9. The highest BCUT2D eigenvalue weighted by molar-refractivity contribution is 5.84. The van der Waals surface area contributed by atoms with Gasteiger partial charge in [-0.2, -0.15) is 0 Å². The van der Waals surface area contributed by atoms with E-state index in [9.17, 15) is 9.59 Å². The molecular formula is C16H24N2O3. The van der Waals surface area contributed by atoms with Crippen LogP contribution in [-0.2, 0) is 16.1 Å². The summed E-state index contributed by atoms with van der Waals surface area (Å²) in [7, 11) is 0. The lowest BCUT2D eigenvalue weighted by Gasteiger charge is -2.10. The van der Waals surface area contributed by atoms with E-state index in [1.54, 1.807) is 6.92 Å². The van der Waals surface area contributed by atoms with Crippen molar-refractivity contribution < 1.29 is 14.3 Å². The van der Waals surface area contributed by atoms with Crippen LogP contribution in [0.5, 0.6) is 5.75 Å². The van der Waals surface area contributed by atoms with E-state index in [0.717, 1.165) is 11.3 Å². The van der Waals surface area contributed by atoms with E-state index < -0.39 is 0 Å². The van der Waals surface area contributed by atoms with Crippen LogP contribution < -0.4 is 15.4 Å². The lowest BCUT2D eigenvalue weighted by atomic mass is 10.2. The number of carbonyl (C=O) groups excluding carboxylic acids is 2. The maximum Gasteiger partial charge on any atom is 0.239 e. The van der Waals surface area contributed by atoms with Gasteiger partial charge in [-0.3, -0.25) is 9.59 Å². The molecule has 0 aliphatic heterocycles. The van der Waals surface area contributed by atoms with Gasteiger partial charge in [0.2, 0.25) is 11.8 Å². The van der Waals surface area contributed by atoms with Crippen LogP contribution in [0.1, 0.15) is 32.8 Å². The molecular weight excluding hydrogens is 268 g/mol. The predicted molar refractivity (Wildman–Crippen MR) is 81.9 cm³/mol. The molecule has 5 heteroatoms. The van der Waals surface area contributed by atoms with E-state index >= 15 is 0 Å². The Hall–Kier alpha value is -2.04. The summed E-state index contributed by atoms with van der Waals surface area (Å²) >= 11 is 0. The van der Waals surface area contributed by atoms with Gasteiger partial charge in [0.1, 0.15) is 5.75 Å². The first-order valence-electron chi connectivity index (χ1n) is 7.26. The van der Waals surface area contributed by atoms with Gasteiger partial charge in [0.25, 0.3) is 0 Å². The van der Waals surface area contributed by atoms with Crippen molar-refractivity contribution in [2.75, 3.05) is 13.2 Å². The van der Waals surface area contributed by atoms with Crippen LogP contribution in [-0.4, -0.2) is 25.0 Å². The third-order valence-corrected chi connectivity index (χ3v) is 2.74. The molecule has 0 aliphatic rings. The summed E-state index contributed by atoms with van der Waals surface area (Å²) in [6, 6.07) is 7.63. The smallest absolute Gasteiger partial charge is 0.239 e. The van der Waals surface area contributed by atoms with Crippen LogP contribution in [0, 0.1) is 5.92 Å². The zero-order chi connectivity index (χ0) is 15.7. The summed E-state index contributed by atoms with van der Waals surface area (Å²) in [6.45, 7) is 7.02. The maximum atomic E-state index is 11.6. The summed E-state index contributed by atoms with van der Waals surface area (Å²) in [5.41, 5.74) is 0.964. The molecule has 0 atom stereocenters.